The summed E-state index contributed by atoms with van der Waals surface area (Å²) in [6.45, 7) is 13.8. The van der Waals surface area contributed by atoms with Gasteiger partial charge in [-0.25, -0.2) is 0 Å². The summed E-state index contributed by atoms with van der Waals surface area (Å²) in [5.41, 5.74) is 1.29. The minimum absolute atomic E-state index is 0.0801. The quantitative estimate of drug-likeness (QED) is 0.352. The minimum Gasteiger partial charge on any atom is -0.496 e. The number of hydrogen-bond acceptors (Lipinski definition) is 8. The molecule has 0 aromatic heterocycles. The maximum Gasteiger partial charge on any atom is 0.397 e. The van der Waals surface area contributed by atoms with Crippen molar-refractivity contribution in [3.05, 3.63) is 47.5 Å². The van der Waals surface area contributed by atoms with E-state index in [1.54, 1.807) is 14.2 Å². The van der Waals surface area contributed by atoms with Crippen molar-refractivity contribution in [2.45, 2.75) is 58.0 Å². The highest BCUT2D eigenvalue weighted by atomic mass is 31.2. The number of benzene rings is 2. The highest BCUT2D eigenvalue weighted by molar-refractivity contribution is 7.47. The minimum atomic E-state index is -1.55. The first-order valence-electron chi connectivity index (χ1n) is 12.3. The van der Waals surface area contributed by atoms with E-state index >= 15 is 0 Å². The van der Waals surface area contributed by atoms with Crippen LogP contribution in [0, 0.1) is 0 Å². The fourth-order valence-electron chi connectivity index (χ4n) is 4.01. The van der Waals surface area contributed by atoms with Gasteiger partial charge in [0.1, 0.15) is 34.9 Å². The molecular formula is C27H38O8P2. The Hall–Kier alpha value is -1.66. The topological polar surface area (TPSA) is 73.8 Å². The van der Waals surface area contributed by atoms with E-state index in [4.69, 9.17) is 36.8 Å². The van der Waals surface area contributed by atoms with Crippen molar-refractivity contribution in [1.29, 1.82) is 0 Å². The molecule has 0 aliphatic carbocycles. The average molecular weight is 553 g/mol. The third-order valence-corrected chi connectivity index (χ3v) is 8.37. The molecule has 0 radical (unpaired) electrons. The second-order valence-electron chi connectivity index (χ2n) is 11.2. The van der Waals surface area contributed by atoms with Crippen molar-refractivity contribution in [1.82, 2.24) is 0 Å². The van der Waals surface area contributed by atoms with Crippen LogP contribution >= 0.6 is 17.0 Å². The normalized spacial score (nSPS) is 24.5. The van der Waals surface area contributed by atoms with Crippen LogP contribution in [0.1, 0.15) is 52.7 Å². The molecule has 10 heteroatoms. The fraction of sp³-hybridized carbons (Fsp3) is 0.556. The average Bonchev–Trinajstić information content (AvgIpc) is 2.86. The van der Waals surface area contributed by atoms with E-state index in [2.05, 4.69) is 41.5 Å². The van der Waals surface area contributed by atoms with E-state index in [-0.39, 0.29) is 10.8 Å². The molecular weight excluding hydrogens is 514 g/mol. The highest BCUT2D eigenvalue weighted by Gasteiger charge is 2.45. The van der Waals surface area contributed by atoms with Gasteiger partial charge in [-0.05, 0) is 47.2 Å². The monoisotopic (exact) mass is 552 g/mol. The molecule has 0 amide bonds. The molecule has 2 aromatic carbocycles. The molecule has 0 saturated carbocycles. The van der Waals surface area contributed by atoms with Crippen LogP contribution in [0.3, 0.4) is 0 Å². The van der Waals surface area contributed by atoms with Crippen molar-refractivity contribution in [3.63, 3.8) is 0 Å². The van der Waals surface area contributed by atoms with Crippen LogP contribution in [0.15, 0.2) is 36.4 Å². The Labute approximate surface area is 222 Å². The summed E-state index contributed by atoms with van der Waals surface area (Å²) in [7, 11) is 0.561. The molecule has 1 spiro atoms. The summed E-state index contributed by atoms with van der Waals surface area (Å²) in [6.07, 6.45) is 0.325. The molecule has 2 heterocycles. The second-order valence-corrected chi connectivity index (χ2v) is 13.8. The molecule has 2 aliphatic rings. The largest absolute Gasteiger partial charge is 0.496 e. The third-order valence-electron chi connectivity index (χ3n) is 6.16. The lowest BCUT2D eigenvalue weighted by Crippen LogP contribution is -2.50. The predicted molar refractivity (Wildman–Crippen MR) is 145 cm³/mol. The van der Waals surface area contributed by atoms with Crippen LogP contribution in [-0.2, 0) is 29.1 Å². The first-order chi connectivity index (χ1) is 17.4. The van der Waals surface area contributed by atoms with Crippen LogP contribution in [0.4, 0.5) is 0 Å². The van der Waals surface area contributed by atoms with Gasteiger partial charge in [-0.3, -0.25) is 9.05 Å². The third kappa shape index (κ3) is 6.86. The maximum absolute atomic E-state index is 6.17. The molecule has 2 aliphatic heterocycles. The van der Waals surface area contributed by atoms with Crippen LogP contribution in [0.2, 0.25) is 0 Å². The Balaban J connectivity index is 1.31. The predicted octanol–water partition coefficient (Wildman–Crippen LogP) is 7.09. The molecule has 2 aromatic rings. The maximum atomic E-state index is 6.17. The van der Waals surface area contributed by atoms with E-state index < -0.39 is 22.6 Å². The van der Waals surface area contributed by atoms with Gasteiger partial charge < -0.3 is 27.8 Å². The lowest BCUT2D eigenvalue weighted by molar-refractivity contribution is -0.141. The van der Waals surface area contributed by atoms with Gasteiger partial charge in [0.25, 0.3) is 8.38 Å². The van der Waals surface area contributed by atoms with Gasteiger partial charge in [0.05, 0.1) is 34.0 Å². The van der Waals surface area contributed by atoms with Crippen molar-refractivity contribution in [2.24, 2.45) is 0 Å². The highest BCUT2D eigenvalue weighted by Crippen LogP contribution is 2.51. The van der Waals surface area contributed by atoms with E-state index in [0.717, 1.165) is 28.4 Å². The van der Waals surface area contributed by atoms with Gasteiger partial charge in [0.15, 0.2) is 0 Å². The first-order valence-corrected chi connectivity index (χ1v) is 14.7. The molecule has 0 N–H and O–H groups in total. The van der Waals surface area contributed by atoms with Gasteiger partial charge in [0, 0.05) is 11.1 Å². The summed E-state index contributed by atoms with van der Waals surface area (Å²) in [6, 6.07) is 11.6. The van der Waals surface area contributed by atoms with Crippen molar-refractivity contribution in [2.75, 3.05) is 40.4 Å². The van der Waals surface area contributed by atoms with Gasteiger partial charge in [-0.2, -0.15) is 0 Å². The zero-order valence-electron chi connectivity index (χ0n) is 23.0. The van der Waals surface area contributed by atoms with Crippen LogP contribution in [-0.4, -0.2) is 46.0 Å². The Kier molecular flexibility index (Phi) is 8.59. The van der Waals surface area contributed by atoms with E-state index in [1.807, 2.05) is 36.4 Å². The number of rotatable bonds is 6. The van der Waals surface area contributed by atoms with Gasteiger partial charge in [-0.15, -0.1) is 0 Å². The summed E-state index contributed by atoms with van der Waals surface area (Å²) in [4.78, 5) is 0. The van der Waals surface area contributed by atoms with Crippen molar-refractivity contribution >= 4 is 17.0 Å². The molecule has 1 unspecified atom stereocenters. The molecule has 204 valence electrons. The lowest BCUT2D eigenvalue weighted by Gasteiger charge is -2.41. The van der Waals surface area contributed by atoms with Crippen molar-refractivity contribution < 1.29 is 36.8 Å². The standard InChI is InChI=1S/C27H38O8P2/c1-25(2,3)21-13-19(9-11-23(21)28-7)34-36-18-30-27(15-31-36)16-32-37(33-17-27)35-20-10-12-24(29-8)22(14-20)26(4,5)6/h9-14H,15-18H2,1-8H3. The summed E-state index contributed by atoms with van der Waals surface area (Å²) in [5, 5.41) is 0. The number of methoxy groups -OCH3 is 2. The summed E-state index contributed by atoms with van der Waals surface area (Å²) in [5.74, 6) is 3.08. The zero-order chi connectivity index (χ0) is 26.8. The SMILES string of the molecule is COc1ccc(OP2COC3(CO2)COP(Oc2ccc(OC)c(C(C)(C)C)c2)OC3)cc1C(C)(C)C. The Morgan fingerprint density at radius 2 is 1.19 bits per heavy atom. The van der Waals surface area contributed by atoms with E-state index in [1.165, 1.54) is 0 Å². The van der Waals surface area contributed by atoms with Gasteiger partial charge >= 0.3 is 8.60 Å². The van der Waals surface area contributed by atoms with Crippen LogP contribution in [0.5, 0.6) is 23.0 Å². The number of ether oxygens (including phenoxy) is 3. The molecule has 2 saturated heterocycles. The zero-order valence-corrected chi connectivity index (χ0v) is 24.7. The Morgan fingerprint density at radius 1 is 0.703 bits per heavy atom. The van der Waals surface area contributed by atoms with E-state index in [0.29, 0.717) is 31.9 Å². The van der Waals surface area contributed by atoms with Gasteiger partial charge in [0.2, 0.25) is 0 Å². The van der Waals surface area contributed by atoms with Crippen LogP contribution < -0.4 is 18.5 Å². The molecule has 2 fully saturated rings. The first kappa shape index (κ1) is 28.4. The number of hydrogen-bond donors (Lipinski definition) is 0. The molecule has 4 rings (SSSR count). The van der Waals surface area contributed by atoms with Crippen molar-refractivity contribution in [3.8, 4) is 23.0 Å². The fourth-order valence-corrected chi connectivity index (χ4v) is 6.45. The lowest BCUT2D eigenvalue weighted by atomic mass is 9.86. The molecule has 1 atom stereocenters. The Morgan fingerprint density at radius 3 is 1.62 bits per heavy atom. The summed E-state index contributed by atoms with van der Waals surface area (Å²) >= 11 is 0. The second kappa shape index (κ2) is 11.2. The molecule has 8 nitrogen and oxygen atoms in total. The smallest absolute Gasteiger partial charge is 0.397 e. The van der Waals surface area contributed by atoms with Crippen LogP contribution in [0.25, 0.3) is 0 Å². The molecule has 37 heavy (non-hydrogen) atoms. The molecule has 0 bridgehead atoms. The Bertz CT molecular complexity index is 974. The van der Waals surface area contributed by atoms with E-state index in [9.17, 15) is 0 Å². The van der Waals surface area contributed by atoms with Gasteiger partial charge in [-0.1, -0.05) is 41.5 Å². The summed E-state index contributed by atoms with van der Waals surface area (Å²) < 4.78 is 47.3.